The number of phenolic OH excluding ortho intramolecular Hbond substituents is 2. The summed E-state index contributed by atoms with van der Waals surface area (Å²) in [4.78, 5) is 28.7. The Bertz CT molecular complexity index is 923. The van der Waals surface area contributed by atoms with Crippen molar-refractivity contribution < 1.29 is 19.8 Å². The zero-order valence-electron chi connectivity index (χ0n) is 16.3. The van der Waals surface area contributed by atoms with E-state index in [9.17, 15) is 19.8 Å². The number of amides is 2. The predicted molar refractivity (Wildman–Crippen MR) is 113 cm³/mol. The molecule has 2 aromatic carbocycles. The van der Waals surface area contributed by atoms with Crippen LogP contribution in [0, 0.1) is 0 Å². The monoisotopic (exact) mass is 405 g/mol. The lowest BCUT2D eigenvalue weighted by Gasteiger charge is -2.08. The van der Waals surface area contributed by atoms with E-state index in [2.05, 4.69) is 15.6 Å². The molecule has 7 nitrogen and oxygen atoms in total. The highest BCUT2D eigenvalue weighted by atomic mass is 16.3. The van der Waals surface area contributed by atoms with Gasteiger partial charge in [-0.3, -0.25) is 14.6 Å². The van der Waals surface area contributed by atoms with Crippen molar-refractivity contribution in [1.29, 1.82) is 0 Å². The Balaban J connectivity index is 1.48. The van der Waals surface area contributed by atoms with Crippen LogP contribution in [0.25, 0.3) is 0 Å². The molecule has 2 amide bonds. The third kappa shape index (κ3) is 6.07. The molecular weight excluding hydrogens is 382 g/mol. The number of hydrogen-bond acceptors (Lipinski definition) is 5. The molecule has 4 N–H and O–H groups in total. The molecule has 1 aromatic heterocycles. The molecule has 154 valence electrons. The Morgan fingerprint density at radius 3 is 1.77 bits per heavy atom. The number of phenols is 2. The minimum Gasteiger partial charge on any atom is -0.508 e. The van der Waals surface area contributed by atoms with Crippen molar-refractivity contribution in [2.45, 2.75) is 12.8 Å². The largest absolute Gasteiger partial charge is 0.508 e. The van der Waals surface area contributed by atoms with Crippen LogP contribution in [-0.4, -0.2) is 40.1 Å². The molecule has 0 unspecified atom stereocenters. The summed E-state index contributed by atoms with van der Waals surface area (Å²) in [6.45, 7) is 0.842. The van der Waals surface area contributed by atoms with Gasteiger partial charge < -0.3 is 20.8 Å². The van der Waals surface area contributed by atoms with Gasteiger partial charge in [0, 0.05) is 24.8 Å². The van der Waals surface area contributed by atoms with Crippen LogP contribution >= 0.6 is 0 Å². The average molecular weight is 405 g/mol. The molecule has 0 aliphatic heterocycles. The topological polar surface area (TPSA) is 112 Å². The highest BCUT2D eigenvalue weighted by molar-refractivity contribution is 5.98. The average Bonchev–Trinajstić information content (AvgIpc) is 2.76. The van der Waals surface area contributed by atoms with Gasteiger partial charge >= 0.3 is 0 Å². The number of benzene rings is 2. The van der Waals surface area contributed by atoms with E-state index in [0.717, 1.165) is 11.1 Å². The molecule has 0 aliphatic rings. The standard InChI is InChI=1S/C23H23N3O4/c27-19-5-1-16(2-6-19)9-12-25-22(29)18-11-14-24-21(15-18)23(30)26-13-10-17-3-7-20(28)8-4-17/h1-8,11,14-15,27-28H,9-10,12-13H2,(H,25,29)(H,26,30). The summed E-state index contributed by atoms with van der Waals surface area (Å²) in [5.41, 5.74) is 2.52. The molecule has 0 fully saturated rings. The van der Waals surface area contributed by atoms with Gasteiger partial charge in [0.2, 0.25) is 0 Å². The lowest BCUT2D eigenvalue weighted by Crippen LogP contribution is -2.28. The van der Waals surface area contributed by atoms with Gasteiger partial charge in [-0.25, -0.2) is 0 Å². The number of carbonyl (C=O) groups is 2. The fourth-order valence-corrected chi connectivity index (χ4v) is 2.85. The first-order valence-corrected chi connectivity index (χ1v) is 9.59. The summed E-state index contributed by atoms with van der Waals surface area (Å²) in [5.74, 6) is -0.236. The van der Waals surface area contributed by atoms with Crippen LogP contribution in [-0.2, 0) is 12.8 Å². The summed E-state index contributed by atoms with van der Waals surface area (Å²) in [5, 5.41) is 24.2. The summed E-state index contributed by atoms with van der Waals surface area (Å²) < 4.78 is 0. The molecule has 30 heavy (non-hydrogen) atoms. The van der Waals surface area contributed by atoms with Crippen molar-refractivity contribution in [3.8, 4) is 11.5 Å². The summed E-state index contributed by atoms with van der Waals surface area (Å²) >= 11 is 0. The van der Waals surface area contributed by atoms with Crippen molar-refractivity contribution in [3.05, 3.63) is 89.2 Å². The molecular formula is C23H23N3O4. The van der Waals surface area contributed by atoms with Gasteiger partial charge in [-0.2, -0.15) is 0 Å². The molecule has 0 atom stereocenters. The number of pyridine rings is 1. The van der Waals surface area contributed by atoms with Gasteiger partial charge in [-0.05, 0) is 60.4 Å². The van der Waals surface area contributed by atoms with Gasteiger partial charge in [-0.15, -0.1) is 0 Å². The Labute approximate surface area is 174 Å². The fourth-order valence-electron chi connectivity index (χ4n) is 2.85. The minimum atomic E-state index is -0.354. The summed E-state index contributed by atoms with van der Waals surface area (Å²) in [6.07, 6.45) is 2.68. The quantitative estimate of drug-likeness (QED) is 0.460. The van der Waals surface area contributed by atoms with E-state index in [1.165, 1.54) is 12.3 Å². The second-order valence-corrected chi connectivity index (χ2v) is 6.77. The second kappa shape index (κ2) is 10.1. The Hall–Kier alpha value is -3.87. The van der Waals surface area contributed by atoms with E-state index >= 15 is 0 Å². The van der Waals surface area contributed by atoms with E-state index in [1.54, 1.807) is 54.6 Å². The van der Waals surface area contributed by atoms with Crippen molar-refractivity contribution in [2.24, 2.45) is 0 Å². The number of rotatable bonds is 8. The van der Waals surface area contributed by atoms with Gasteiger partial charge in [0.25, 0.3) is 11.8 Å². The van der Waals surface area contributed by atoms with Crippen LogP contribution in [0.15, 0.2) is 66.9 Å². The minimum absolute atomic E-state index is 0.173. The second-order valence-electron chi connectivity index (χ2n) is 6.77. The number of hydrogen-bond donors (Lipinski definition) is 4. The number of nitrogens with one attached hydrogen (secondary N) is 2. The Kier molecular flexibility index (Phi) is 7.00. The number of aromatic nitrogens is 1. The molecule has 0 radical (unpaired) electrons. The fraction of sp³-hybridized carbons (Fsp3) is 0.174. The third-order valence-corrected chi connectivity index (χ3v) is 4.53. The Morgan fingerprint density at radius 2 is 1.23 bits per heavy atom. The number of nitrogens with zero attached hydrogens (tertiary/aromatic N) is 1. The van der Waals surface area contributed by atoms with Crippen molar-refractivity contribution in [3.63, 3.8) is 0 Å². The van der Waals surface area contributed by atoms with E-state index in [-0.39, 0.29) is 29.0 Å². The Morgan fingerprint density at radius 1 is 0.733 bits per heavy atom. The first kappa shape index (κ1) is 20.9. The number of aromatic hydroxyl groups is 2. The van der Waals surface area contributed by atoms with Crippen LogP contribution in [0.4, 0.5) is 0 Å². The predicted octanol–water partition coefficient (Wildman–Crippen LogP) is 2.44. The van der Waals surface area contributed by atoms with Crippen LogP contribution in [0.3, 0.4) is 0 Å². The van der Waals surface area contributed by atoms with E-state index in [4.69, 9.17) is 0 Å². The van der Waals surface area contributed by atoms with Crippen LogP contribution in [0.5, 0.6) is 11.5 Å². The zero-order chi connectivity index (χ0) is 21.3. The maximum atomic E-state index is 12.4. The highest BCUT2D eigenvalue weighted by Gasteiger charge is 2.11. The van der Waals surface area contributed by atoms with Crippen molar-refractivity contribution in [1.82, 2.24) is 15.6 Å². The normalized spacial score (nSPS) is 10.4. The summed E-state index contributed by atoms with van der Waals surface area (Å²) in [6, 6.07) is 16.6. The molecule has 0 saturated heterocycles. The van der Waals surface area contributed by atoms with E-state index in [1.807, 2.05) is 0 Å². The van der Waals surface area contributed by atoms with Crippen LogP contribution in [0.2, 0.25) is 0 Å². The first-order chi connectivity index (χ1) is 14.5. The van der Waals surface area contributed by atoms with Gasteiger partial charge in [-0.1, -0.05) is 24.3 Å². The molecule has 0 spiro atoms. The smallest absolute Gasteiger partial charge is 0.269 e. The van der Waals surface area contributed by atoms with Gasteiger partial charge in [0.05, 0.1) is 0 Å². The molecule has 0 bridgehead atoms. The van der Waals surface area contributed by atoms with Gasteiger partial charge in [0.1, 0.15) is 17.2 Å². The SMILES string of the molecule is O=C(NCCc1ccc(O)cc1)c1ccnc(C(=O)NCCc2ccc(O)cc2)c1. The molecule has 7 heteroatoms. The lowest BCUT2D eigenvalue weighted by atomic mass is 10.1. The lowest BCUT2D eigenvalue weighted by molar-refractivity contribution is 0.0949. The molecule has 1 heterocycles. The van der Waals surface area contributed by atoms with Crippen LogP contribution < -0.4 is 10.6 Å². The van der Waals surface area contributed by atoms with E-state index < -0.39 is 0 Å². The summed E-state index contributed by atoms with van der Waals surface area (Å²) in [7, 11) is 0. The maximum absolute atomic E-state index is 12.4. The zero-order valence-corrected chi connectivity index (χ0v) is 16.3. The van der Waals surface area contributed by atoms with Crippen LogP contribution in [0.1, 0.15) is 32.0 Å². The van der Waals surface area contributed by atoms with E-state index in [0.29, 0.717) is 31.5 Å². The highest BCUT2D eigenvalue weighted by Crippen LogP contribution is 2.11. The molecule has 3 rings (SSSR count). The molecule has 0 aliphatic carbocycles. The van der Waals surface area contributed by atoms with Crippen molar-refractivity contribution in [2.75, 3.05) is 13.1 Å². The third-order valence-electron chi connectivity index (χ3n) is 4.53. The first-order valence-electron chi connectivity index (χ1n) is 9.59. The molecule has 0 saturated carbocycles. The maximum Gasteiger partial charge on any atom is 0.269 e. The van der Waals surface area contributed by atoms with Crippen molar-refractivity contribution >= 4 is 11.8 Å². The van der Waals surface area contributed by atoms with Gasteiger partial charge in [0.15, 0.2) is 0 Å². The molecule has 3 aromatic rings. The number of carbonyl (C=O) groups excluding carboxylic acids is 2.